The van der Waals surface area contributed by atoms with Crippen LogP contribution < -0.4 is 4.90 Å². The first-order valence-corrected chi connectivity index (χ1v) is 6.76. The number of halogens is 1. The summed E-state index contributed by atoms with van der Waals surface area (Å²) in [4.78, 5) is 2.39. The van der Waals surface area contributed by atoms with Gasteiger partial charge < -0.3 is 10.0 Å². The van der Waals surface area contributed by atoms with E-state index in [2.05, 4.69) is 11.8 Å². The van der Waals surface area contributed by atoms with Crippen molar-refractivity contribution in [3.05, 3.63) is 28.8 Å². The molecule has 1 fully saturated rings. The first-order chi connectivity index (χ1) is 8.22. The number of rotatable bonds is 2. The van der Waals surface area contributed by atoms with Gasteiger partial charge in [-0.25, -0.2) is 0 Å². The van der Waals surface area contributed by atoms with E-state index in [1.165, 1.54) is 25.7 Å². The van der Waals surface area contributed by atoms with Crippen LogP contribution in [0.15, 0.2) is 18.2 Å². The summed E-state index contributed by atoms with van der Waals surface area (Å²) in [6.45, 7) is 3.40. The smallest absolute Gasteiger partial charge is 0.0702 e. The van der Waals surface area contributed by atoms with Gasteiger partial charge in [0.25, 0.3) is 0 Å². The van der Waals surface area contributed by atoms with Crippen molar-refractivity contribution >= 4 is 17.3 Å². The van der Waals surface area contributed by atoms with Crippen LogP contribution in [0.4, 0.5) is 5.69 Å². The molecule has 0 bridgehead atoms. The van der Waals surface area contributed by atoms with Crippen LogP contribution in [0, 0.1) is 0 Å². The zero-order chi connectivity index (χ0) is 12.3. The quantitative estimate of drug-likeness (QED) is 0.871. The summed E-state index contributed by atoms with van der Waals surface area (Å²) in [6.07, 6.45) is 5.04. The molecule has 1 N–H and O–H groups in total. The monoisotopic (exact) mass is 253 g/mol. The molecule has 0 amide bonds. The second kappa shape index (κ2) is 5.74. The molecule has 0 radical (unpaired) electrons. The zero-order valence-electron chi connectivity index (χ0n) is 10.3. The van der Waals surface area contributed by atoms with E-state index < -0.39 is 0 Å². The summed E-state index contributed by atoms with van der Waals surface area (Å²) in [5.41, 5.74) is 2.08. The van der Waals surface area contributed by atoms with Crippen LogP contribution in [0.1, 0.15) is 38.2 Å². The molecule has 3 heteroatoms. The van der Waals surface area contributed by atoms with Gasteiger partial charge in [0.05, 0.1) is 6.61 Å². The number of benzene rings is 1. The van der Waals surface area contributed by atoms with Crippen molar-refractivity contribution in [3.63, 3.8) is 0 Å². The fraction of sp³-hybridized carbons (Fsp3) is 0.571. The van der Waals surface area contributed by atoms with E-state index in [0.29, 0.717) is 6.04 Å². The van der Waals surface area contributed by atoms with Gasteiger partial charge in [-0.3, -0.25) is 0 Å². The second-order valence-corrected chi connectivity index (χ2v) is 5.26. The average molecular weight is 254 g/mol. The lowest BCUT2D eigenvalue weighted by Gasteiger charge is -2.31. The Hall–Kier alpha value is -0.730. The number of anilines is 1. The van der Waals surface area contributed by atoms with Crippen LogP contribution >= 0.6 is 11.6 Å². The summed E-state index contributed by atoms with van der Waals surface area (Å²) >= 11 is 6.07. The Labute approximate surface area is 108 Å². The van der Waals surface area contributed by atoms with E-state index in [0.717, 1.165) is 22.8 Å². The van der Waals surface area contributed by atoms with Crippen molar-refractivity contribution in [1.29, 1.82) is 0 Å². The summed E-state index contributed by atoms with van der Waals surface area (Å²) in [7, 11) is 0. The van der Waals surface area contributed by atoms with Gasteiger partial charge in [0, 0.05) is 28.9 Å². The Morgan fingerprint density at radius 2 is 2.18 bits per heavy atom. The highest BCUT2D eigenvalue weighted by Gasteiger charge is 2.19. The molecule has 0 aromatic heterocycles. The van der Waals surface area contributed by atoms with Gasteiger partial charge in [-0.1, -0.05) is 30.5 Å². The van der Waals surface area contributed by atoms with Crippen molar-refractivity contribution in [3.8, 4) is 0 Å². The van der Waals surface area contributed by atoms with E-state index >= 15 is 0 Å². The first-order valence-electron chi connectivity index (χ1n) is 6.38. The Morgan fingerprint density at radius 1 is 1.35 bits per heavy atom. The van der Waals surface area contributed by atoms with E-state index in [-0.39, 0.29) is 6.61 Å². The van der Waals surface area contributed by atoms with Crippen LogP contribution in [0.2, 0.25) is 5.02 Å². The summed E-state index contributed by atoms with van der Waals surface area (Å²) in [5, 5.41) is 10.2. The largest absolute Gasteiger partial charge is 0.392 e. The lowest BCUT2D eigenvalue weighted by atomic mass is 10.1. The predicted molar refractivity (Wildman–Crippen MR) is 72.7 cm³/mol. The SMILES string of the molecule is CC1CCCCCN1c1cc(Cl)ccc1CO. The topological polar surface area (TPSA) is 23.5 Å². The molecule has 2 rings (SSSR count). The highest BCUT2D eigenvalue weighted by Crippen LogP contribution is 2.29. The minimum absolute atomic E-state index is 0.0791. The highest BCUT2D eigenvalue weighted by atomic mass is 35.5. The van der Waals surface area contributed by atoms with E-state index in [4.69, 9.17) is 11.6 Å². The highest BCUT2D eigenvalue weighted by molar-refractivity contribution is 6.30. The Kier molecular flexibility index (Phi) is 4.30. The predicted octanol–water partition coefficient (Wildman–Crippen LogP) is 3.60. The summed E-state index contributed by atoms with van der Waals surface area (Å²) < 4.78 is 0. The molecule has 1 heterocycles. The molecular weight excluding hydrogens is 234 g/mol. The normalized spacial score (nSPS) is 21.4. The van der Waals surface area contributed by atoms with Gasteiger partial charge in [0.1, 0.15) is 0 Å². The fourth-order valence-electron chi connectivity index (χ4n) is 2.57. The molecule has 1 aliphatic rings. The Morgan fingerprint density at radius 3 is 2.94 bits per heavy atom. The van der Waals surface area contributed by atoms with Gasteiger partial charge in [-0.15, -0.1) is 0 Å². The maximum atomic E-state index is 9.43. The molecule has 0 saturated carbocycles. The van der Waals surface area contributed by atoms with Gasteiger partial charge in [0.15, 0.2) is 0 Å². The average Bonchev–Trinajstić information content (AvgIpc) is 2.54. The molecule has 1 saturated heterocycles. The van der Waals surface area contributed by atoms with E-state index in [1.807, 2.05) is 18.2 Å². The minimum Gasteiger partial charge on any atom is -0.392 e. The molecule has 1 aromatic rings. The van der Waals surface area contributed by atoms with Crippen molar-refractivity contribution in [2.75, 3.05) is 11.4 Å². The molecule has 2 nitrogen and oxygen atoms in total. The molecule has 1 atom stereocenters. The maximum absolute atomic E-state index is 9.43. The third kappa shape index (κ3) is 2.93. The molecule has 0 spiro atoms. The van der Waals surface area contributed by atoms with Crippen LogP contribution in [-0.4, -0.2) is 17.7 Å². The zero-order valence-corrected chi connectivity index (χ0v) is 11.1. The van der Waals surface area contributed by atoms with Crippen LogP contribution in [0.3, 0.4) is 0 Å². The van der Waals surface area contributed by atoms with E-state index in [1.54, 1.807) is 0 Å². The standard InChI is InChI=1S/C14H20ClNO/c1-11-5-3-2-4-8-16(11)14-9-13(15)7-6-12(14)10-17/h6-7,9,11,17H,2-5,8,10H2,1H3. The molecule has 94 valence electrons. The maximum Gasteiger partial charge on any atom is 0.0702 e. The second-order valence-electron chi connectivity index (χ2n) is 4.82. The lowest BCUT2D eigenvalue weighted by Crippen LogP contribution is -2.33. The number of hydrogen-bond acceptors (Lipinski definition) is 2. The molecule has 1 unspecified atom stereocenters. The third-order valence-electron chi connectivity index (χ3n) is 3.58. The molecule has 1 aliphatic heterocycles. The number of aliphatic hydroxyl groups is 1. The minimum atomic E-state index is 0.0791. The van der Waals surface area contributed by atoms with Crippen molar-refractivity contribution in [2.45, 2.75) is 45.3 Å². The van der Waals surface area contributed by atoms with Crippen LogP contribution in [0.5, 0.6) is 0 Å². The molecule has 1 aromatic carbocycles. The summed E-state index contributed by atoms with van der Waals surface area (Å²) in [5.74, 6) is 0. The third-order valence-corrected chi connectivity index (χ3v) is 3.82. The lowest BCUT2D eigenvalue weighted by molar-refractivity contribution is 0.282. The van der Waals surface area contributed by atoms with Gasteiger partial charge in [-0.05, 0) is 31.9 Å². The van der Waals surface area contributed by atoms with Crippen molar-refractivity contribution in [2.24, 2.45) is 0 Å². The summed E-state index contributed by atoms with van der Waals surface area (Å²) in [6, 6.07) is 6.28. The van der Waals surface area contributed by atoms with Gasteiger partial charge >= 0.3 is 0 Å². The van der Waals surface area contributed by atoms with Gasteiger partial charge in [-0.2, -0.15) is 0 Å². The van der Waals surface area contributed by atoms with E-state index in [9.17, 15) is 5.11 Å². The number of aliphatic hydroxyl groups excluding tert-OH is 1. The Balaban J connectivity index is 2.32. The first kappa shape index (κ1) is 12.7. The number of nitrogens with zero attached hydrogens (tertiary/aromatic N) is 1. The van der Waals surface area contributed by atoms with Crippen molar-refractivity contribution in [1.82, 2.24) is 0 Å². The number of hydrogen-bond donors (Lipinski definition) is 1. The van der Waals surface area contributed by atoms with Crippen LogP contribution in [0.25, 0.3) is 0 Å². The van der Waals surface area contributed by atoms with Crippen LogP contribution in [-0.2, 0) is 6.61 Å². The molecular formula is C14H20ClNO. The van der Waals surface area contributed by atoms with Gasteiger partial charge in [0.2, 0.25) is 0 Å². The Bertz CT molecular complexity index is 380. The molecule has 0 aliphatic carbocycles. The van der Waals surface area contributed by atoms with Crippen molar-refractivity contribution < 1.29 is 5.11 Å². The molecule has 17 heavy (non-hydrogen) atoms. The fourth-order valence-corrected chi connectivity index (χ4v) is 2.74.